The summed E-state index contributed by atoms with van der Waals surface area (Å²) < 4.78 is 29.3. The largest absolute Gasteiger partial charge is 0.387 e. The summed E-state index contributed by atoms with van der Waals surface area (Å²) in [5.74, 6) is 0.976. The van der Waals surface area contributed by atoms with E-state index in [0.29, 0.717) is 5.82 Å². The molecule has 18 heavy (non-hydrogen) atoms. The number of hydrogen-bond acceptors (Lipinski definition) is 4. The van der Waals surface area contributed by atoms with Gasteiger partial charge in [-0.05, 0) is 12.8 Å². The van der Waals surface area contributed by atoms with E-state index < -0.39 is 12.5 Å². The maximum Gasteiger partial charge on any atom is 0.264 e. The van der Waals surface area contributed by atoms with Gasteiger partial charge in [-0.25, -0.2) is 8.78 Å². The van der Waals surface area contributed by atoms with Gasteiger partial charge in [-0.15, -0.1) is 0 Å². The molecule has 0 aromatic carbocycles. The van der Waals surface area contributed by atoms with Gasteiger partial charge in [0, 0.05) is 5.92 Å². The van der Waals surface area contributed by atoms with Crippen LogP contribution in [0.4, 0.5) is 8.78 Å². The molecule has 1 atom stereocenters. The molecule has 0 spiro atoms. The van der Waals surface area contributed by atoms with Crippen molar-refractivity contribution in [1.29, 1.82) is 0 Å². The van der Waals surface area contributed by atoms with Crippen molar-refractivity contribution in [2.75, 3.05) is 0 Å². The fraction of sp³-hybridized carbons (Fsp3) is 0.833. The molecule has 4 nitrogen and oxygen atoms in total. The Balaban J connectivity index is 1.96. The maximum absolute atomic E-state index is 12.2. The first-order valence-electron chi connectivity index (χ1n) is 6.45. The molecular formula is C12H18F2N2O2. The lowest BCUT2D eigenvalue weighted by molar-refractivity contribution is -0.00754. The SMILES string of the molecule is OC(Cc1nc(C2CCCCCC2)no1)C(F)F. The number of alkyl halides is 2. The summed E-state index contributed by atoms with van der Waals surface area (Å²) in [6, 6.07) is 0. The highest BCUT2D eigenvalue weighted by atomic mass is 19.3. The summed E-state index contributed by atoms with van der Waals surface area (Å²) >= 11 is 0. The summed E-state index contributed by atoms with van der Waals surface area (Å²) in [5.41, 5.74) is 0. The van der Waals surface area contributed by atoms with Crippen LogP contribution < -0.4 is 0 Å². The van der Waals surface area contributed by atoms with Gasteiger partial charge in [0.1, 0.15) is 6.10 Å². The molecule has 1 aromatic heterocycles. The van der Waals surface area contributed by atoms with Crippen molar-refractivity contribution in [2.45, 2.75) is 63.4 Å². The fourth-order valence-electron chi connectivity index (χ4n) is 2.32. The quantitative estimate of drug-likeness (QED) is 0.845. The Bertz CT molecular complexity index is 363. The molecule has 1 aliphatic rings. The van der Waals surface area contributed by atoms with E-state index in [-0.39, 0.29) is 18.2 Å². The van der Waals surface area contributed by atoms with Crippen molar-refractivity contribution >= 4 is 0 Å². The minimum atomic E-state index is -2.78. The predicted molar refractivity (Wildman–Crippen MR) is 60.5 cm³/mol. The number of aliphatic hydroxyl groups excluding tert-OH is 1. The lowest BCUT2D eigenvalue weighted by Crippen LogP contribution is -2.20. The van der Waals surface area contributed by atoms with Crippen LogP contribution in [-0.4, -0.2) is 27.8 Å². The highest BCUT2D eigenvalue weighted by Gasteiger charge is 2.23. The van der Waals surface area contributed by atoms with Gasteiger partial charge in [-0.3, -0.25) is 0 Å². The van der Waals surface area contributed by atoms with Crippen molar-refractivity contribution in [3.63, 3.8) is 0 Å². The molecule has 1 heterocycles. The summed E-state index contributed by atoms with van der Waals surface area (Å²) in [6.07, 6.45) is 2.01. The normalized spacial score (nSPS) is 20.0. The Morgan fingerprint density at radius 2 is 1.89 bits per heavy atom. The fourth-order valence-corrected chi connectivity index (χ4v) is 2.32. The second-order valence-corrected chi connectivity index (χ2v) is 4.84. The molecule has 1 fully saturated rings. The minimum absolute atomic E-state index is 0.0991. The smallest absolute Gasteiger partial charge is 0.264 e. The van der Waals surface area contributed by atoms with Crippen molar-refractivity contribution in [3.8, 4) is 0 Å². The topological polar surface area (TPSA) is 59.2 Å². The zero-order valence-corrected chi connectivity index (χ0v) is 10.2. The molecule has 1 aliphatic carbocycles. The second-order valence-electron chi connectivity index (χ2n) is 4.84. The number of hydrogen-bond donors (Lipinski definition) is 1. The zero-order valence-electron chi connectivity index (χ0n) is 10.2. The van der Waals surface area contributed by atoms with E-state index in [1.165, 1.54) is 12.8 Å². The summed E-state index contributed by atoms with van der Waals surface area (Å²) in [7, 11) is 0. The Labute approximate surface area is 104 Å². The van der Waals surface area contributed by atoms with E-state index in [2.05, 4.69) is 10.1 Å². The van der Waals surface area contributed by atoms with Crippen LogP contribution in [0.3, 0.4) is 0 Å². The number of aliphatic hydroxyl groups is 1. The van der Waals surface area contributed by atoms with Crippen molar-refractivity contribution in [1.82, 2.24) is 10.1 Å². The standard InChI is InChI=1S/C12H18F2N2O2/c13-11(14)9(17)7-10-15-12(16-18-10)8-5-3-1-2-4-6-8/h8-9,11,17H,1-7H2. The van der Waals surface area contributed by atoms with Gasteiger partial charge < -0.3 is 9.63 Å². The molecule has 6 heteroatoms. The molecular weight excluding hydrogens is 242 g/mol. The van der Waals surface area contributed by atoms with Gasteiger partial charge >= 0.3 is 0 Å². The maximum atomic E-state index is 12.2. The van der Waals surface area contributed by atoms with Gasteiger partial charge in [0.25, 0.3) is 6.43 Å². The van der Waals surface area contributed by atoms with Crippen LogP contribution >= 0.6 is 0 Å². The monoisotopic (exact) mass is 260 g/mol. The number of rotatable bonds is 4. The van der Waals surface area contributed by atoms with Crippen LogP contribution in [0.2, 0.25) is 0 Å². The Morgan fingerprint density at radius 3 is 2.50 bits per heavy atom. The highest BCUT2D eigenvalue weighted by Crippen LogP contribution is 2.29. The average Bonchev–Trinajstić information content (AvgIpc) is 2.63. The molecule has 0 amide bonds. The van der Waals surface area contributed by atoms with Gasteiger partial charge in [-0.2, -0.15) is 4.98 Å². The number of nitrogens with zero attached hydrogens (tertiary/aromatic N) is 2. The van der Waals surface area contributed by atoms with Crippen LogP contribution in [-0.2, 0) is 6.42 Å². The molecule has 0 aliphatic heterocycles. The van der Waals surface area contributed by atoms with Crippen LogP contribution in [0.15, 0.2) is 4.52 Å². The third-order valence-electron chi connectivity index (χ3n) is 3.38. The van der Waals surface area contributed by atoms with E-state index in [1.54, 1.807) is 0 Å². The summed E-state index contributed by atoms with van der Waals surface area (Å²) in [6.45, 7) is 0. The molecule has 2 rings (SSSR count). The van der Waals surface area contributed by atoms with E-state index in [0.717, 1.165) is 25.7 Å². The molecule has 1 unspecified atom stereocenters. The van der Waals surface area contributed by atoms with Crippen LogP contribution in [0.5, 0.6) is 0 Å². The van der Waals surface area contributed by atoms with E-state index in [1.807, 2.05) is 0 Å². The van der Waals surface area contributed by atoms with Gasteiger partial charge in [-0.1, -0.05) is 30.8 Å². The van der Waals surface area contributed by atoms with E-state index >= 15 is 0 Å². The second kappa shape index (κ2) is 6.22. The minimum Gasteiger partial charge on any atom is -0.387 e. The summed E-state index contributed by atoms with van der Waals surface area (Å²) in [5, 5.41) is 12.9. The van der Waals surface area contributed by atoms with Crippen molar-refractivity contribution in [3.05, 3.63) is 11.7 Å². The number of aromatic nitrogens is 2. The molecule has 0 bridgehead atoms. The lowest BCUT2D eigenvalue weighted by Gasteiger charge is -2.07. The third-order valence-corrected chi connectivity index (χ3v) is 3.38. The molecule has 1 N–H and O–H groups in total. The number of halogens is 2. The molecule has 0 saturated heterocycles. The zero-order chi connectivity index (χ0) is 13.0. The molecule has 1 saturated carbocycles. The molecule has 102 valence electrons. The highest BCUT2D eigenvalue weighted by molar-refractivity contribution is 4.97. The Kier molecular flexibility index (Phi) is 4.63. The van der Waals surface area contributed by atoms with E-state index in [9.17, 15) is 8.78 Å². The van der Waals surface area contributed by atoms with Crippen molar-refractivity contribution in [2.24, 2.45) is 0 Å². The predicted octanol–water partition coefficient (Wildman–Crippen LogP) is 2.68. The van der Waals surface area contributed by atoms with Gasteiger partial charge in [0.15, 0.2) is 5.82 Å². The molecule has 1 aromatic rings. The Morgan fingerprint density at radius 1 is 1.22 bits per heavy atom. The average molecular weight is 260 g/mol. The summed E-state index contributed by atoms with van der Waals surface area (Å²) in [4.78, 5) is 4.13. The third kappa shape index (κ3) is 3.48. The van der Waals surface area contributed by atoms with Crippen molar-refractivity contribution < 1.29 is 18.4 Å². The Hall–Kier alpha value is -1.04. The van der Waals surface area contributed by atoms with Crippen LogP contribution in [0.25, 0.3) is 0 Å². The van der Waals surface area contributed by atoms with E-state index in [4.69, 9.17) is 9.63 Å². The van der Waals surface area contributed by atoms with Crippen LogP contribution in [0.1, 0.15) is 56.2 Å². The molecule has 0 radical (unpaired) electrons. The van der Waals surface area contributed by atoms with Gasteiger partial charge in [0.05, 0.1) is 6.42 Å². The first kappa shape index (κ1) is 13.4. The van der Waals surface area contributed by atoms with Gasteiger partial charge in [0.2, 0.25) is 5.89 Å². The lowest BCUT2D eigenvalue weighted by atomic mass is 10.00. The first-order valence-corrected chi connectivity index (χ1v) is 6.45. The first-order chi connectivity index (χ1) is 8.66. The van der Waals surface area contributed by atoms with Crippen LogP contribution in [0, 0.1) is 0 Å².